The minimum absolute atomic E-state index is 0.0254. The van der Waals surface area contributed by atoms with Crippen LogP contribution in [0, 0.1) is 11.8 Å². The largest absolute Gasteiger partial charge is 0.493 e. The summed E-state index contributed by atoms with van der Waals surface area (Å²) < 4.78 is 11.6. The second-order valence-corrected chi connectivity index (χ2v) is 10.8. The molecule has 2 amide bonds. The molecular weight excluding hydrogens is 448 g/mol. The Kier molecular flexibility index (Phi) is 7.09. The summed E-state index contributed by atoms with van der Waals surface area (Å²) in [5.74, 6) is 2.23. The van der Waals surface area contributed by atoms with Gasteiger partial charge in [-0.15, -0.1) is 11.3 Å². The Morgan fingerprint density at radius 2 is 1.85 bits per heavy atom. The normalized spacial score (nSPS) is 20.1. The monoisotopic (exact) mass is 482 g/mol. The number of hydrogen-bond acceptors (Lipinski definition) is 5. The van der Waals surface area contributed by atoms with Crippen molar-refractivity contribution in [1.29, 1.82) is 0 Å². The van der Waals surface area contributed by atoms with Crippen LogP contribution in [-0.4, -0.2) is 55.0 Å². The van der Waals surface area contributed by atoms with Crippen LogP contribution in [0.1, 0.15) is 55.0 Å². The Morgan fingerprint density at radius 1 is 1.09 bits per heavy atom. The van der Waals surface area contributed by atoms with Crippen LogP contribution in [0.25, 0.3) is 0 Å². The number of methoxy groups -OCH3 is 1. The summed E-state index contributed by atoms with van der Waals surface area (Å²) in [4.78, 5) is 32.1. The Morgan fingerprint density at radius 3 is 2.59 bits per heavy atom. The summed E-state index contributed by atoms with van der Waals surface area (Å²) in [6.45, 7) is 1.91. The molecule has 2 heterocycles. The zero-order valence-corrected chi connectivity index (χ0v) is 20.7. The summed E-state index contributed by atoms with van der Waals surface area (Å²) in [6, 6.07) is 9.54. The van der Waals surface area contributed by atoms with Crippen molar-refractivity contribution >= 4 is 23.2 Å². The van der Waals surface area contributed by atoms with E-state index in [1.165, 1.54) is 17.7 Å². The van der Waals surface area contributed by atoms with Gasteiger partial charge in [-0.25, -0.2) is 0 Å². The Labute approximate surface area is 205 Å². The molecule has 182 valence electrons. The number of rotatable bonds is 9. The Balaban J connectivity index is 1.32. The molecule has 1 aromatic heterocycles. The van der Waals surface area contributed by atoms with Crippen LogP contribution >= 0.6 is 11.3 Å². The standard InChI is InChI=1S/C27H34N2O4S/c1-32-23-8-4-5-9-24(23)33-18-22-21-13-15-34-25(21)12-14-29(22)26(30)17-28(16-19-10-11-19)27(31)20-6-2-3-7-20/h4-5,8-9,13,15,19-20,22H,2-3,6-7,10-12,14,16-18H2,1H3/t22-/m1/s1. The molecule has 1 aliphatic heterocycles. The van der Waals surface area contributed by atoms with E-state index < -0.39 is 0 Å². The van der Waals surface area contributed by atoms with Gasteiger partial charge in [0.1, 0.15) is 6.61 Å². The first-order valence-electron chi connectivity index (χ1n) is 12.5. The number of benzene rings is 1. The molecule has 2 fully saturated rings. The van der Waals surface area contributed by atoms with Gasteiger partial charge in [0.2, 0.25) is 11.8 Å². The van der Waals surface area contributed by atoms with E-state index in [-0.39, 0.29) is 30.3 Å². The van der Waals surface area contributed by atoms with E-state index in [9.17, 15) is 9.59 Å². The second-order valence-electron chi connectivity index (χ2n) is 9.76. The molecule has 2 aromatic rings. The minimum Gasteiger partial charge on any atom is -0.493 e. The van der Waals surface area contributed by atoms with Crippen molar-refractivity contribution in [2.24, 2.45) is 11.8 Å². The van der Waals surface area contributed by atoms with Gasteiger partial charge >= 0.3 is 0 Å². The van der Waals surface area contributed by atoms with Crippen LogP contribution < -0.4 is 9.47 Å². The van der Waals surface area contributed by atoms with Gasteiger partial charge in [0.15, 0.2) is 11.5 Å². The number of carbonyl (C=O) groups excluding carboxylic acids is 2. The molecule has 0 radical (unpaired) electrons. The number of fused-ring (bicyclic) bond motifs is 1. The molecule has 5 rings (SSSR count). The third kappa shape index (κ3) is 5.09. The number of carbonyl (C=O) groups is 2. The van der Waals surface area contributed by atoms with E-state index in [0.29, 0.717) is 30.6 Å². The van der Waals surface area contributed by atoms with Gasteiger partial charge in [-0.2, -0.15) is 0 Å². The first-order chi connectivity index (χ1) is 16.6. The van der Waals surface area contributed by atoms with Gasteiger partial charge in [0, 0.05) is 23.9 Å². The minimum atomic E-state index is -0.170. The van der Waals surface area contributed by atoms with Crippen LogP contribution in [0.4, 0.5) is 0 Å². The fraction of sp³-hybridized carbons (Fsp3) is 0.556. The van der Waals surface area contributed by atoms with E-state index in [0.717, 1.165) is 44.2 Å². The maximum Gasteiger partial charge on any atom is 0.242 e. The van der Waals surface area contributed by atoms with Crippen LogP contribution in [0.15, 0.2) is 35.7 Å². The Bertz CT molecular complexity index is 1010. The number of para-hydroxylation sites is 2. The zero-order chi connectivity index (χ0) is 23.5. The number of hydrogen-bond donors (Lipinski definition) is 0. The molecule has 7 heteroatoms. The molecular formula is C27H34N2O4S. The van der Waals surface area contributed by atoms with Crippen molar-refractivity contribution in [3.63, 3.8) is 0 Å². The van der Waals surface area contributed by atoms with Crippen LogP contribution in [0.5, 0.6) is 11.5 Å². The van der Waals surface area contributed by atoms with E-state index in [4.69, 9.17) is 9.47 Å². The maximum atomic E-state index is 13.7. The molecule has 0 bridgehead atoms. The predicted octanol–water partition coefficient (Wildman–Crippen LogP) is 4.69. The number of thiophene rings is 1. The van der Waals surface area contributed by atoms with Crippen LogP contribution in [0.3, 0.4) is 0 Å². The smallest absolute Gasteiger partial charge is 0.242 e. The predicted molar refractivity (Wildman–Crippen MR) is 132 cm³/mol. The van der Waals surface area contributed by atoms with Gasteiger partial charge in [-0.3, -0.25) is 9.59 Å². The van der Waals surface area contributed by atoms with Crippen molar-refractivity contribution in [3.8, 4) is 11.5 Å². The van der Waals surface area contributed by atoms with Gasteiger partial charge in [0.05, 0.1) is 19.7 Å². The van der Waals surface area contributed by atoms with Gasteiger partial charge in [-0.1, -0.05) is 25.0 Å². The maximum absolute atomic E-state index is 13.7. The topological polar surface area (TPSA) is 59.1 Å². The summed E-state index contributed by atoms with van der Waals surface area (Å²) in [6.07, 6.45) is 7.36. The van der Waals surface area contributed by atoms with Crippen molar-refractivity contribution in [2.45, 2.75) is 51.0 Å². The van der Waals surface area contributed by atoms with Crippen molar-refractivity contribution in [2.75, 3.05) is 33.4 Å². The fourth-order valence-electron chi connectivity index (χ4n) is 5.31. The van der Waals surface area contributed by atoms with E-state index in [2.05, 4.69) is 11.4 Å². The van der Waals surface area contributed by atoms with E-state index in [1.807, 2.05) is 34.1 Å². The van der Waals surface area contributed by atoms with Crippen LogP contribution in [0.2, 0.25) is 0 Å². The average molecular weight is 483 g/mol. The molecule has 2 aliphatic carbocycles. The lowest BCUT2D eigenvalue weighted by molar-refractivity contribution is -0.145. The lowest BCUT2D eigenvalue weighted by Crippen LogP contribution is -2.49. The van der Waals surface area contributed by atoms with Crippen molar-refractivity contribution in [3.05, 3.63) is 46.2 Å². The Hall–Kier alpha value is -2.54. The molecule has 2 saturated carbocycles. The third-order valence-corrected chi connectivity index (χ3v) is 8.40. The average Bonchev–Trinajstić information content (AvgIpc) is 3.30. The SMILES string of the molecule is COc1ccccc1OC[C@@H]1c2ccsc2CCN1C(=O)CN(CC1CC1)C(=O)C1CCCC1. The molecule has 0 spiro atoms. The first kappa shape index (κ1) is 23.2. The highest BCUT2D eigenvalue weighted by molar-refractivity contribution is 7.10. The highest BCUT2D eigenvalue weighted by Gasteiger charge is 2.37. The van der Waals surface area contributed by atoms with Crippen molar-refractivity contribution in [1.82, 2.24) is 9.80 Å². The molecule has 0 N–H and O–H groups in total. The molecule has 0 saturated heterocycles. The second kappa shape index (κ2) is 10.4. The lowest BCUT2D eigenvalue weighted by atomic mass is 10.00. The lowest BCUT2D eigenvalue weighted by Gasteiger charge is -2.37. The summed E-state index contributed by atoms with van der Waals surface area (Å²) in [5.41, 5.74) is 1.16. The van der Waals surface area contributed by atoms with Crippen molar-refractivity contribution < 1.29 is 19.1 Å². The molecule has 1 aromatic carbocycles. The molecule has 0 unspecified atom stereocenters. The number of nitrogens with zero attached hydrogens (tertiary/aromatic N) is 2. The summed E-state index contributed by atoms with van der Waals surface area (Å²) >= 11 is 1.74. The molecule has 1 atom stereocenters. The number of ether oxygens (including phenoxy) is 2. The molecule has 34 heavy (non-hydrogen) atoms. The van der Waals surface area contributed by atoms with Gasteiger partial charge in [-0.05, 0) is 67.2 Å². The highest BCUT2D eigenvalue weighted by Crippen LogP contribution is 2.36. The molecule has 6 nitrogen and oxygen atoms in total. The zero-order valence-electron chi connectivity index (χ0n) is 19.9. The van der Waals surface area contributed by atoms with E-state index in [1.54, 1.807) is 18.4 Å². The van der Waals surface area contributed by atoms with Gasteiger partial charge < -0.3 is 19.3 Å². The number of amides is 2. The van der Waals surface area contributed by atoms with Gasteiger partial charge in [0.25, 0.3) is 0 Å². The first-order valence-corrected chi connectivity index (χ1v) is 13.4. The summed E-state index contributed by atoms with van der Waals surface area (Å²) in [5, 5.41) is 2.10. The fourth-order valence-corrected chi connectivity index (χ4v) is 6.24. The summed E-state index contributed by atoms with van der Waals surface area (Å²) in [7, 11) is 1.63. The highest BCUT2D eigenvalue weighted by atomic mass is 32.1. The molecule has 3 aliphatic rings. The third-order valence-electron chi connectivity index (χ3n) is 7.40. The van der Waals surface area contributed by atoms with E-state index >= 15 is 0 Å². The quantitative estimate of drug-likeness (QED) is 0.520. The van der Waals surface area contributed by atoms with Crippen LogP contribution in [-0.2, 0) is 16.0 Å².